The van der Waals surface area contributed by atoms with E-state index in [0.717, 1.165) is 0 Å². The van der Waals surface area contributed by atoms with Crippen LogP contribution in [0.15, 0.2) is 23.6 Å². The summed E-state index contributed by atoms with van der Waals surface area (Å²) in [6, 6.07) is 1.66. The number of rotatable bonds is 4. The number of hydrogen-bond acceptors (Lipinski definition) is 3. The van der Waals surface area contributed by atoms with E-state index in [0.29, 0.717) is 6.54 Å². The zero-order valence-electron chi connectivity index (χ0n) is 7.34. The lowest BCUT2D eigenvalue weighted by Crippen LogP contribution is -2.19. The molecule has 1 heterocycles. The molecule has 1 unspecified atom stereocenters. The molecule has 66 valence electrons. The minimum absolute atomic E-state index is 0.176. The maximum atomic E-state index is 10.4. The lowest BCUT2D eigenvalue weighted by Gasteiger charge is -2.11. The van der Waals surface area contributed by atoms with Gasteiger partial charge < -0.3 is 0 Å². The number of hydrogen-bond donors (Lipinski definition) is 0. The highest BCUT2D eigenvalue weighted by Gasteiger charge is 2.13. The van der Waals surface area contributed by atoms with Gasteiger partial charge in [0.25, 0.3) is 0 Å². The second kappa shape index (κ2) is 3.99. The molecule has 0 fully saturated rings. The Hall–Kier alpha value is -1.19. The van der Waals surface area contributed by atoms with Crippen LogP contribution in [-0.2, 0) is 6.54 Å². The van der Waals surface area contributed by atoms with Crippen molar-refractivity contribution in [3.8, 4) is 0 Å². The SMILES string of the molecule is CC(C)C(Cn1cccn1)N=O. The Morgan fingerprint density at radius 2 is 2.33 bits per heavy atom. The molecule has 0 amide bonds. The standard InChI is InChI=1S/C8H13N3O/c1-7(2)8(10-12)6-11-5-3-4-9-11/h3-5,7-8H,6H2,1-2H3. The van der Waals surface area contributed by atoms with Crippen LogP contribution in [0.3, 0.4) is 0 Å². The monoisotopic (exact) mass is 167 g/mol. The minimum Gasteiger partial charge on any atom is -0.270 e. The Labute approximate surface area is 71.6 Å². The van der Waals surface area contributed by atoms with E-state index in [1.54, 1.807) is 10.9 Å². The molecule has 0 N–H and O–H groups in total. The first kappa shape index (κ1) is 8.90. The predicted molar refractivity (Wildman–Crippen MR) is 46.6 cm³/mol. The fourth-order valence-electron chi connectivity index (χ4n) is 0.966. The smallest absolute Gasteiger partial charge is 0.114 e. The molecule has 0 aromatic carbocycles. The molecule has 1 rings (SSSR count). The van der Waals surface area contributed by atoms with Gasteiger partial charge in [-0.2, -0.15) is 10.0 Å². The van der Waals surface area contributed by atoms with E-state index >= 15 is 0 Å². The van der Waals surface area contributed by atoms with Crippen LogP contribution in [0.4, 0.5) is 0 Å². The normalized spacial score (nSPS) is 13.2. The van der Waals surface area contributed by atoms with Gasteiger partial charge in [-0.1, -0.05) is 19.0 Å². The molecule has 1 aromatic heterocycles. The van der Waals surface area contributed by atoms with Crippen LogP contribution in [0.1, 0.15) is 13.8 Å². The molecule has 0 aliphatic carbocycles. The van der Waals surface area contributed by atoms with E-state index in [2.05, 4.69) is 10.3 Å². The predicted octanol–water partition coefficient (Wildman–Crippen LogP) is 1.67. The van der Waals surface area contributed by atoms with Crippen molar-refractivity contribution in [2.24, 2.45) is 11.1 Å². The van der Waals surface area contributed by atoms with Gasteiger partial charge in [0, 0.05) is 12.4 Å². The molecule has 12 heavy (non-hydrogen) atoms. The van der Waals surface area contributed by atoms with Crippen molar-refractivity contribution >= 4 is 0 Å². The Bertz CT molecular complexity index is 230. The van der Waals surface area contributed by atoms with Gasteiger partial charge >= 0.3 is 0 Å². The van der Waals surface area contributed by atoms with E-state index in [9.17, 15) is 4.91 Å². The quantitative estimate of drug-likeness (QED) is 0.640. The lowest BCUT2D eigenvalue weighted by atomic mass is 10.1. The summed E-state index contributed by atoms with van der Waals surface area (Å²) < 4.78 is 1.73. The molecule has 0 aliphatic rings. The average Bonchev–Trinajstić information content (AvgIpc) is 2.51. The summed E-state index contributed by atoms with van der Waals surface area (Å²) in [5, 5.41) is 7.06. The van der Waals surface area contributed by atoms with Crippen molar-refractivity contribution in [3.63, 3.8) is 0 Å². The van der Waals surface area contributed by atoms with Gasteiger partial charge in [0.2, 0.25) is 0 Å². The van der Waals surface area contributed by atoms with Crippen molar-refractivity contribution in [2.45, 2.75) is 26.4 Å². The topological polar surface area (TPSA) is 47.2 Å². The third-order valence-electron chi connectivity index (χ3n) is 1.84. The van der Waals surface area contributed by atoms with Gasteiger partial charge in [0.15, 0.2) is 0 Å². The second-order valence-electron chi connectivity index (χ2n) is 3.14. The molecular formula is C8H13N3O. The molecule has 4 nitrogen and oxygen atoms in total. The van der Waals surface area contributed by atoms with Gasteiger partial charge in [-0.25, -0.2) is 0 Å². The van der Waals surface area contributed by atoms with Crippen molar-refractivity contribution in [2.75, 3.05) is 0 Å². The molecule has 0 spiro atoms. The summed E-state index contributed by atoms with van der Waals surface area (Å²) in [4.78, 5) is 10.4. The van der Waals surface area contributed by atoms with Crippen LogP contribution in [0.5, 0.6) is 0 Å². The van der Waals surface area contributed by atoms with Crippen LogP contribution in [-0.4, -0.2) is 15.8 Å². The summed E-state index contributed by atoms with van der Waals surface area (Å²) in [7, 11) is 0. The van der Waals surface area contributed by atoms with Gasteiger partial charge in [0.05, 0.1) is 6.54 Å². The van der Waals surface area contributed by atoms with Gasteiger partial charge in [0.1, 0.15) is 6.04 Å². The Kier molecular flexibility index (Phi) is 2.96. The third-order valence-corrected chi connectivity index (χ3v) is 1.84. The number of nitrogens with zero attached hydrogens (tertiary/aromatic N) is 3. The fourth-order valence-corrected chi connectivity index (χ4v) is 0.966. The van der Waals surface area contributed by atoms with Gasteiger partial charge in [-0.05, 0) is 12.0 Å². The molecule has 0 aliphatic heterocycles. The Morgan fingerprint density at radius 1 is 1.58 bits per heavy atom. The van der Waals surface area contributed by atoms with Gasteiger partial charge in [-0.15, -0.1) is 0 Å². The van der Waals surface area contributed by atoms with E-state index in [4.69, 9.17) is 0 Å². The molecule has 1 aromatic rings. The molecule has 0 radical (unpaired) electrons. The maximum Gasteiger partial charge on any atom is 0.114 e. The molecule has 0 saturated heterocycles. The van der Waals surface area contributed by atoms with Crippen LogP contribution in [0.2, 0.25) is 0 Å². The first-order valence-corrected chi connectivity index (χ1v) is 4.04. The third kappa shape index (κ3) is 2.15. The van der Waals surface area contributed by atoms with Crippen LogP contribution >= 0.6 is 0 Å². The highest BCUT2D eigenvalue weighted by Crippen LogP contribution is 2.07. The van der Waals surface area contributed by atoms with Crippen LogP contribution < -0.4 is 0 Å². The van der Waals surface area contributed by atoms with E-state index in [-0.39, 0.29) is 12.0 Å². The first-order chi connectivity index (χ1) is 5.74. The van der Waals surface area contributed by atoms with E-state index in [1.165, 1.54) is 0 Å². The maximum absolute atomic E-state index is 10.4. The zero-order chi connectivity index (χ0) is 8.97. The highest BCUT2D eigenvalue weighted by molar-refractivity contribution is 4.80. The van der Waals surface area contributed by atoms with E-state index < -0.39 is 0 Å². The van der Waals surface area contributed by atoms with Crippen molar-refractivity contribution in [1.29, 1.82) is 0 Å². The largest absolute Gasteiger partial charge is 0.270 e. The average molecular weight is 167 g/mol. The van der Waals surface area contributed by atoms with Gasteiger partial charge in [-0.3, -0.25) is 4.68 Å². The van der Waals surface area contributed by atoms with Crippen LogP contribution in [0, 0.1) is 10.8 Å². The molecule has 4 heteroatoms. The summed E-state index contributed by atoms with van der Waals surface area (Å²) in [5.74, 6) is 0.270. The molecular weight excluding hydrogens is 154 g/mol. The molecule has 0 bridgehead atoms. The summed E-state index contributed by atoms with van der Waals surface area (Å²) in [6.45, 7) is 4.54. The van der Waals surface area contributed by atoms with E-state index in [1.807, 2.05) is 26.1 Å². The lowest BCUT2D eigenvalue weighted by molar-refractivity contribution is 0.413. The second-order valence-corrected chi connectivity index (χ2v) is 3.14. The van der Waals surface area contributed by atoms with Crippen molar-refractivity contribution < 1.29 is 0 Å². The Balaban J connectivity index is 2.54. The number of aromatic nitrogens is 2. The Morgan fingerprint density at radius 3 is 2.75 bits per heavy atom. The van der Waals surface area contributed by atoms with Crippen molar-refractivity contribution in [3.05, 3.63) is 23.4 Å². The van der Waals surface area contributed by atoms with Crippen LogP contribution in [0.25, 0.3) is 0 Å². The molecule has 0 saturated carbocycles. The summed E-state index contributed by atoms with van der Waals surface area (Å²) in [5.41, 5.74) is 0. The van der Waals surface area contributed by atoms with Crippen molar-refractivity contribution in [1.82, 2.24) is 9.78 Å². The molecule has 1 atom stereocenters. The fraction of sp³-hybridized carbons (Fsp3) is 0.625. The summed E-state index contributed by atoms with van der Waals surface area (Å²) in [6.07, 6.45) is 3.53. The minimum atomic E-state index is -0.176. The zero-order valence-corrected chi connectivity index (χ0v) is 7.34. The highest BCUT2D eigenvalue weighted by atomic mass is 16.3. The first-order valence-electron chi connectivity index (χ1n) is 4.04. The summed E-state index contributed by atoms with van der Waals surface area (Å²) >= 11 is 0. The number of nitroso groups, excluding NO2 is 1.